The van der Waals surface area contributed by atoms with Gasteiger partial charge in [0.15, 0.2) is 0 Å². The Morgan fingerprint density at radius 1 is 1.27 bits per heavy atom. The van der Waals surface area contributed by atoms with Crippen molar-refractivity contribution in [2.24, 2.45) is 0 Å². The number of hydrogen-bond donors (Lipinski definition) is 1. The van der Waals surface area contributed by atoms with Crippen LogP contribution in [0, 0.1) is 11.3 Å². The van der Waals surface area contributed by atoms with Crippen LogP contribution in [0.2, 0.25) is 0 Å². The van der Waals surface area contributed by atoms with E-state index in [1.807, 2.05) is 0 Å². The largest absolute Gasteiger partial charge is 0.351 e. The van der Waals surface area contributed by atoms with Gasteiger partial charge in [0.25, 0.3) is 5.91 Å². The Morgan fingerprint density at radius 2 is 2.09 bits per heavy atom. The number of nitrogens with one attached hydrogen (secondary N) is 1. The number of rotatable bonds is 4. The molecule has 0 saturated heterocycles. The van der Waals surface area contributed by atoms with Gasteiger partial charge in [0.05, 0.1) is 11.6 Å². The number of hydrogen-bond acceptors (Lipinski definition) is 3. The van der Waals surface area contributed by atoms with E-state index in [-0.39, 0.29) is 11.3 Å². The van der Waals surface area contributed by atoms with Crippen molar-refractivity contribution in [3.63, 3.8) is 0 Å². The lowest BCUT2D eigenvalue weighted by molar-refractivity contribution is 0.0943. The second-order valence-corrected chi connectivity index (χ2v) is 6.79. The molecule has 3 nitrogen and oxygen atoms in total. The van der Waals surface area contributed by atoms with Gasteiger partial charge in [-0.25, -0.2) is 0 Å². The van der Waals surface area contributed by atoms with E-state index in [2.05, 4.69) is 28.9 Å². The van der Waals surface area contributed by atoms with Crippen molar-refractivity contribution < 1.29 is 4.79 Å². The van der Waals surface area contributed by atoms with Crippen LogP contribution in [0.3, 0.4) is 0 Å². The number of nitriles is 1. The first-order chi connectivity index (χ1) is 10.7. The molecule has 3 rings (SSSR count). The number of thiophene rings is 1. The molecule has 1 aliphatic carbocycles. The number of nitrogens with zero attached hydrogens (tertiary/aromatic N) is 1. The third-order valence-corrected chi connectivity index (χ3v) is 5.56. The predicted molar refractivity (Wildman–Crippen MR) is 88.0 cm³/mol. The summed E-state index contributed by atoms with van der Waals surface area (Å²) in [5.41, 5.74) is 1.16. The van der Waals surface area contributed by atoms with Crippen molar-refractivity contribution in [1.82, 2.24) is 5.32 Å². The van der Waals surface area contributed by atoms with Gasteiger partial charge in [0.2, 0.25) is 0 Å². The van der Waals surface area contributed by atoms with Crippen molar-refractivity contribution >= 4 is 17.2 Å². The van der Waals surface area contributed by atoms with Gasteiger partial charge in [-0.15, -0.1) is 11.3 Å². The van der Waals surface area contributed by atoms with Crippen LogP contribution in [0.4, 0.5) is 0 Å². The molecule has 1 amide bonds. The summed E-state index contributed by atoms with van der Waals surface area (Å²) in [4.78, 5) is 13.7. The molecule has 112 valence electrons. The van der Waals surface area contributed by atoms with Gasteiger partial charge in [0, 0.05) is 22.4 Å². The fraction of sp³-hybridized carbons (Fsp3) is 0.333. The second-order valence-electron chi connectivity index (χ2n) is 5.84. The van der Waals surface area contributed by atoms with E-state index in [0.717, 1.165) is 12.8 Å². The van der Waals surface area contributed by atoms with Gasteiger partial charge in [0.1, 0.15) is 0 Å². The van der Waals surface area contributed by atoms with E-state index in [9.17, 15) is 4.79 Å². The van der Waals surface area contributed by atoms with E-state index in [1.165, 1.54) is 17.7 Å². The number of carbonyl (C=O) groups excluding carboxylic acids is 1. The minimum Gasteiger partial charge on any atom is -0.351 e. The van der Waals surface area contributed by atoms with Crippen LogP contribution in [0.1, 0.15) is 46.5 Å². The summed E-state index contributed by atoms with van der Waals surface area (Å²) in [5.74, 6) is -0.0973. The van der Waals surface area contributed by atoms with Crippen LogP contribution >= 0.6 is 11.3 Å². The van der Waals surface area contributed by atoms with Crippen LogP contribution in [-0.2, 0) is 5.41 Å². The highest BCUT2D eigenvalue weighted by Gasteiger charge is 2.36. The highest BCUT2D eigenvalue weighted by molar-refractivity contribution is 7.10. The summed E-state index contributed by atoms with van der Waals surface area (Å²) in [6, 6.07) is 13.2. The standard InChI is InChI=1S/C18H18N2OS/c19-12-14-5-3-6-15(11-14)17(21)20-13-18(8-1-2-9-18)16-7-4-10-22-16/h3-7,10-11H,1-2,8-9,13H2,(H,20,21). The summed E-state index contributed by atoms with van der Waals surface area (Å²) in [7, 11) is 0. The van der Waals surface area contributed by atoms with Crippen LogP contribution < -0.4 is 5.32 Å². The van der Waals surface area contributed by atoms with Crippen LogP contribution in [0.5, 0.6) is 0 Å². The molecule has 1 saturated carbocycles. The summed E-state index contributed by atoms with van der Waals surface area (Å²) >= 11 is 1.78. The first kappa shape index (κ1) is 14.8. The Balaban J connectivity index is 1.73. The molecular formula is C18H18N2OS. The fourth-order valence-corrected chi connectivity index (χ4v) is 4.21. The highest BCUT2D eigenvalue weighted by atomic mass is 32.1. The SMILES string of the molecule is N#Cc1cccc(C(=O)NCC2(c3cccs3)CCCC2)c1. The van der Waals surface area contributed by atoms with Gasteiger partial charge in [-0.1, -0.05) is 25.0 Å². The molecule has 1 N–H and O–H groups in total. The Hall–Kier alpha value is -2.12. The average Bonchev–Trinajstić information content (AvgIpc) is 3.24. The van der Waals surface area contributed by atoms with Crippen molar-refractivity contribution in [2.75, 3.05) is 6.54 Å². The molecule has 1 aromatic heterocycles. The minimum absolute atomic E-state index is 0.0939. The van der Waals surface area contributed by atoms with Crippen molar-refractivity contribution in [3.8, 4) is 6.07 Å². The predicted octanol–water partition coefficient (Wildman–Crippen LogP) is 3.86. The first-order valence-electron chi connectivity index (χ1n) is 7.56. The lowest BCUT2D eigenvalue weighted by Gasteiger charge is -2.28. The Labute approximate surface area is 134 Å². The van der Waals surface area contributed by atoms with Gasteiger partial charge in [-0.3, -0.25) is 4.79 Å². The Kier molecular flexibility index (Phi) is 4.26. The number of carbonyl (C=O) groups is 1. The van der Waals surface area contributed by atoms with Gasteiger partial charge >= 0.3 is 0 Å². The summed E-state index contributed by atoms with van der Waals surface area (Å²) in [6.07, 6.45) is 4.70. The molecule has 1 aromatic carbocycles. The van der Waals surface area contributed by atoms with Gasteiger partial charge in [-0.2, -0.15) is 5.26 Å². The van der Waals surface area contributed by atoms with Crippen molar-refractivity contribution in [2.45, 2.75) is 31.1 Å². The summed E-state index contributed by atoms with van der Waals surface area (Å²) in [5, 5.41) is 14.1. The molecule has 1 aliphatic rings. The lowest BCUT2D eigenvalue weighted by atomic mass is 9.84. The maximum Gasteiger partial charge on any atom is 0.251 e. The maximum atomic E-state index is 12.4. The fourth-order valence-electron chi connectivity index (χ4n) is 3.22. The lowest BCUT2D eigenvalue weighted by Crippen LogP contribution is -2.38. The number of benzene rings is 1. The molecule has 22 heavy (non-hydrogen) atoms. The summed E-state index contributed by atoms with van der Waals surface area (Å²) in [6.45, 7) is 0.670. The molecule has 0 bridgehead atoms. The third kappa shape index (κ3) is 2.90. The molecule has 0 unspecified atom stereocenters. The molecule has 0 radical (unpaired) electrons. The second kappa shape index (κ2) is 6.33. The van der Waals surface area contributed by atoms with E-state index in [0.29, 0.717) is 17.7 Å². The average molecular weight is 310 g/mol. The zero-order valence-corrected chi connectivity index (χ0v) is 13.2. The van der Waals surface area contributed by atoms with Crippen molar-refractivity contribution in [3.05, 3.63) is 57.8 Å². The molecular weight excluding hydrogens is 292 g/mol. The third-order valence-electron chi connectivity index (χ3n) is 4.45. The number of amides is 1. The normalized spacial score (nSPS) is 16.1. The van der Waals surface area contributed by atoms with Crippen LogP contribution in [0.25, 0.3) is 0 Å². The van der Waals surface area contributed by atoms with Crippen LogP contribution in [0.15, 0.2) is 41.8 Å². The quantitative estimate of drug-likeness (QED) is 0.932. The van der Waals surface area contributed by atoms with E-state index in [4.69, 9.17) is 5.26 Å². The van der Waals surface area contributed by atoms with E-state index < -0.39 is 0 Å². The molecule has 1 heterocycles. The van der Waals surface area contributed by atoms with Crippen molar-refractivity contribution in [1.29, 1.82) is 5.26 Å². The maximum absolute atomic E-state index is 12.4. The van der Waals surface area contributed by atoms with E-state index >= 15 is 0 Å². The smallest absolute Gasteiger partial charge is 0.251 e. The Bertz CT molecular complexity index is 694. The molecule has 4 heteroatoms. The highest BCUT2D eigenvalue weighted by Crippen LogP contribution is 2.42. The zero-order valence-electron chi connectivity index (χ0n) is 12.3. The first-order valence-corrected chi connectivity index (χ1v) is 8.44. The molecule has 2 aromatic rings. The monoisotopic (exact) mass is 310 g/mol. The van der Waals surface area contributed by atoms with Gasteiger partial charge < -0.3 is 5.32 Å². The molecule has 1 fully saturated rings. The van der Waals surface area contributed by atoms with E-state index in [1.54, 1.807) is 35.6 Å². The van der Waals surface area contributed by atoms with Crippen LogP contribution in [-0.4, -0.2) is 12.5 Å². The topological polar surface area (TPSA) is 52.9 Å². The van der Waals surface area contributed by atoms with Gasteiger partial charge in [-0.05, 0) is 42.5 Å². The molecule has 0 aliphatic heterocycles. The zero-order chi connectivity index (χ0) is 15.4. The Morgan fingerprint density at radius 3 is 2.77 bits per heavy atom. The summed E-state index contributed by atoms with van der Waals surface area (Å²) < 4.78 is 0. The minimum atomic E-state index is -0.0973. The molecule has 0 atom stereocenters. The molecule has 0 spiro atoms.